The lowest BCUT2D eigenvalue weighted by molar-refractivity contribution is -0.125. The van der Waals surface area contributed by atoms with Gasteiger partial charge in [-0.1, -0.05) is 38.1 Å². The van der Waals surface area contributed by atoms with Crippen molar-refractivity contribution in [2.24, 2.45) is 11.7 Å². The third kappa shape index (κ3) is 4.75. The van der Waals surface area contributed by atoms with Crippen molar-refractivity contribution in [3.63, 3.8) is 0 Å². The van der Waals surface area contributed by atoms with Crippen LogP contribution in [0.2, 0.25) is 0 Å². The van der Waals surface area contributed by atoms with Crippen LogP contribution < -0.4 is 16.4 Å². The molecular weight excluding hydrogens is 354 g/mol. The highest BCUT2D eigenvalue weighted by Crippen LogP contribution is 2.15. The second-order valence-electron chi connectivity index (χ2n) is 7.09. The lowest BCUT2D eigenvalue weighted by Gasteiger charge is -2.15. The molecule has 0 aliphatic rings. The van der Waals surface area contributed by atoms with E-state index in [9.17, 15) is 9.59 Å². The van der Waals surface area contributed by atoms with Crippen molar-refractivity contribution in [3.05, 3.63) is 60.4 Å². The fourth-order valence-corrected chi connectivity index (χ4v) is 2.82. The van der Waals surface area contributed by atoms with Gasteiger partial charge in [0.25, 0.3) is 0 Å². The highest BCUT2D eigenvalue weighted by atomic mass is 16.2. The van der Waals surface area contributed by atoms with Crippen molar-refractivity contribution in [2.75, 3.05) is 11.9 Å². The van der Waals surface area contributed by atoms with Crippen LogP contribution in [0, 0.1) is 5.92 Å². The molecule has 0 aliphatic heterocycles. The zero-order valence-electron chi connectivity index (χ0n) is 16.1. The van der Waals surface area contributed by atoms with Crippen LogP contribution in [0.5, 0.6) is 0 Å². The van der Waals surface area contributed by atoms with Gasteiger partial charge in [0.1, 0.15) is 0 Å². The van der Waals surface area contributed by atoms with Gasteiger partial charge >= 0.3 is 0 Å². The molecule has 2 amide bonds. The minimum atomic E-state index is -0.619. The van der Waals surface area contributed by atoms with Gasteiger partial charge in [-0.15, -0.1) is 0 Å². The number of nitrogens with two attached hydrogens (primary N) is 1. The van der Waals surface area contributed by atoms with Gasteiger partial charge in [-0.3, -0.25) is 9.59 Å². The summed E-state index contributed by atoms with van der Waals surface area (Å²) in [6.45, 7) is 4.30. The Kier molecular flexibility index (Phi) is 6.06. The molecule has 0 bridgehead atoms. The maximum absolute atomic E-state index is 12.0. The Morgan fingerprint density at radius 3 is 2.54 bits per heavy atom. The van der Waals surface area contributed by atoms with Crippen molar-refractivity contribution in [1.29, 1.82) is 0 Å². The number of amides is 2. The third-order valence-electron chi connectivity index (χ3n) is 4.56. The average molecular weight is 379 g/mol. The molecule has 4 N–H and O–H groups in total. The molecule has 0 saturated heterocycles. The number of benzene rings is 2. The quantitative estimate of drug-likeness (QED) is 0.585. The number of rotatable bonds is 7. The minimum absolute atomic E-state index is 0.0169. The maximum Gasteiger partial charge on any atom is 0.243 e. The molecule has 0 spiro atoms. The molecule has 7 heteroatoms. The van der Waals surface area contributed by atoms with Crippen LogP contribution in [-0.4, -0.2) is 34.0 Å². The van der Waals surface area contributed by atoms with Gasteiger partial charge in [0.05, 0.1) is 29.9 Å². The predicted octanol–water partition coefficient (Wildman–Crippen LogP) is 2.12. The van der Waals surface area contributed by atoms with Gasteiger partial charge in [-0.05, 0) is 35.7 Å². The van der Waals surface area contributed by atoms with Crippen LogP contribution >= 0.6 is 0 Å². The molecular formula is C21H25N5O2. The monoisotopic (exact) mass is 379 g/mol. The van der Waals surface area contributed by atoms with Gasteiger partial charge in [0.15, 0.2) is 0 Å². The summed E-state index contributed by atoms with van der Waals surface area (Å²) in [5, 5.41) is 5.32. The normalized spacial score (nSPS) is 12.1. The predicted molar refractivity (Wildman–Crippen MR) is 110 cm³/mol. The molecule has 7 nitrogen and oxygen atoms in total. The number of nitrogens with one attached hydrogen (secondary N) is 2. The van der Waals surface area contributed by atoms with Crippen molar-refractivity contribution < 1.29 is 9.59 Å². The first-order valence-corrected chi connectivity index (χ1v) is 9.26. The molecule has 2 aromatic carbocycles. The summed E-state index contributed by atoms with van der Waals surface area (Å²) in [5.41, 5.74) is 9.57. The lowest BCUT2D eigenvalue weighted by Crippen LogP contribution is -2.46. The van der Waals surface area contributed by atoms with E-state index in [0.717, 1.165) is 16.6 Å². The number of carbonyl (C=O) groups excluding carboxylic acids is 2. The minimum Gasteiger partial charge on any atom is -0.346 e. The zero-order chi connectivity index (χ0) is 20.1. The van der Waals surface area contributed by atoms with E-state index in [1.165, 1.54) is 0 Å². The van der Waals surface area contributed by atoms with Crippen LogP contribution in [0.4, 0.5) is 5.69 Å². The number of anilines is 1. The Morgan fingerprint density at radius 1 is 1.11 bits per heavy atom. The Labute approximate surface area is 163 Å². The van der Waals surface area contributed by atoms with Gasteiger partial charge in [-0.25, -0.2) is 4.98 Å². The van der Waals surface area contributed by atoms with E-state index in [1.54, 1.807) is 0 Å². The number of nitrogens with zero attached hydrogens (tertiary/aromatic N) is 2. The first-order chi connectivity index (χ1) is 13.4. The van der Waals surface area contributed by atoms with Crippen LogP contribution in [-0.2, 0) is 16.1 Å². The molecule has 1 aromatic heterocycles. The topological polar surface area (TPSA) is 102 Å². The van der Waals surface area contributed by atoms with Gasteiger partial charge < -0.3 is 20.9 Å². The van der Waals surface area contributed by atoms with Crippen LogP contribution in [0.25, 0.3) is 11.0 Å². The SMILES string of the molecule is CC(C)[C@H](N)C(=O)NCC(=O)Nc1ccc(Cn2cnc3ccccc32)cc1. The summed E-state index contributed by atoms with van der Waals surface area (Å²) < 4.78 is 2.08. The highest BCUT2D eigenvalue weighted by Gasteiger charge is 2.17. The summed E-state index contributed by atoms with van der Waals surface area (Å²) in [7, 11) is 0. The van der Waals surface area contributed by atoms with Crippen molar-refractivity contribution in [2.45, 2.75) is 26.4 Å². The molecule has 28 heavy (non-hydrogen) atoms. The second-order valence-corrected chi connectivity index (χ2v) is 7.09. The van der Waals surface area contributed by atoms with E-state index in [4.69, 9.17) is 5.73 Å². The summed E-state index contributed by atoms with van der Waals surface area (Å²) in [5.74, 6) is -0.603. The molecule has 1 heterocycles. The molecule has 0 saturated carbocycles. The first-order valence-electron chi connectivity index (χ1n) is 9.26. The fraction of sp³-hybridized carbons (Fsp3) is 0.286. The smallest absolute Gasteiger partial charge is 0.243 e. The van der Waals surface area contributed by atoms with Crippen LogP contribution in [0.1, 0.15) is 19.4 Å². The van der Waals surface area contributed by atoms with E-state index in [2.05, 4.69) is 20.2 Å². The van der Waals surface area contributed by atoms with Gasteiger partial charge in [0, 0.05) is 12.2 Å². The number of imidazole rings is 1. The first kappa shape index (κ1) is 19.6. The van der Waals surface area contributed by atoms with Gasteiger partial charge in [0.2, 0.25) is 11.8 Å². The third-order valence-corrected chi connectivity index (χ3v) is 4.56. The van der Waals surface area contributed by atoms with Crippen molar-refractivity contribution in [1.82, 2.24) is 14.9 Å². The fourth-order valence-electron chi connectivity index (χ4n) is 2.82. The molecule has 146 valence electrons. The lowest BCUT2D eigenvalue weighted by atomic mass is 10.1. The maximum atomic E-state index is 12.0. The molecule has 0 radical (unpaired) electrons. The van der Waals surface area contributed by atoms with Crippen molar-refractivity contribution >= 4 is 28.5 Å². The van der Waals surface area contributed by atoms with Crippen LogP contribution in [0.3, 0.4) is 0 Å². The average Bonchev–Trinajstić information content (AvgIpc) is 3.10. The molecule has 1 atom stereocenters. The van der Waals surface area contributed by atoms with E-state index < -0.39 is 6.04 Å². The number of para-hydroxylation sites is 2. The van der Waals surface area contributed by atoms with E-state index >= 15 is 0 Å². The molecule has 0 unspecified atom stereocenters. The Balaban J connectivity index is 1.54. The highest BCUT2D eigenvalue weighted by molar-refractivity contribution is 5.95. The standard InChI is InChI=1S/C21H25N5O2/c1-14(2)20(22)21(28)23-11-19(27)25-16-9-7-15(8-10-16)12-26-13-24-17-5-3-4-6-18(17)26/h3-10,13-14,20H,11-12,22H2,1-2H3,(H,23,28)(H,25,27)/t20-/m0/s1. The van der Waals surface area contributed by atoms with E-state index in [-0.39, 0.29) is 24.3 Å². The van der Waals surface area contributed by atoms with E-state index in [1.807, 2.05) is 68.7 Å². The number of aromatic nitrogens is 2. The summed E-state index contributed by atoms with van der Waals surface area (Å²) in [6, 6.07) is 15.0. The Hall–Kier alpha value is -3.19. The summed E-state index contributed by atoms with van der Waals surface area (Å²) >= 11 is 0. The Bertz CT molecular complexity index is 962. The molecule has 3 rings (SSSR count). The van der Waals surface area contributed by atoms with Crippen LogP contribution in [0.15, 0.2) is 54.9 Å². The number of hydrogen-bond acceptors (Lipinski definition) is 4. The number of hydrogen-bond donors (Lipinski definition) is 3. The molecule has 0 aliphatic carbocycles. The molecule has 3 aromatic rings. The summed E-state index contributed by atoms with van der Waals surface area (Å²) in [4.78, 5) is 28.2. The van der Waals surface area contributed by atoms with E-state index in [0.29, 0.717) is 12.2 Å². The largest absolute Gasteiger partial charge is 0.346 e. The van der Waals surface area contributed by atoms with Crippen molar-refractivity contribution in [3.8, 4) is 0 Å². The summed E-state index contributed by atoms with van der Waals surface area (Å²) in [6.07, 6.45) is 1.82. The molecule has 0 fully saturated rings. The number of fused-ring (bicyclic) bond motifs is 1. The Morgan fingerprint density at radius 2 is 1.82 bits per heavy atom. The van der Waals surface area contributed by atoms with Gasteiger partial charge in [-0.2, -0.15) is 0 Å². The zero-order valence-corrected chi connectivity index (χ0v) is 16.1. The second kappa shape index (κ2) is 8.67. The number of carbonyl (C=O) groups is 2.